The van der Waals surface area contributed by atoms with Gasteiger partial charge in [0.1, 0.15) is 0 Å². The van der Waals surface area contributed by atoms with Gasteiger partial charge in [0.15, 0.2) is 0 Å². The number of carbonyl (C=O) groups excluding carboxylic acids is 1. The van der Waals surface area contributed by atoms with E-state index < -0.39 is 0 Å². The lowest BCUT2D eigenvalue weighted by atomic mass is 9.92. The Morgan fingerprint density at radius 2 is 2.05 bits per heavy atom. The van der Waals surface area contributed by atoms with Crippen LogP contribution in [0.3, 0.4) is 0 Å². The molecule has 1 aromatic heterocycles. The van der Waals surface area contributed by atoms with E-state index >= 15 is 0 Å². The van der Waals surface area contributed by atoms with Gasteiger partial charge in [0, 0.05) is 16.8 Å². The molecule has 0 radical (unpaired) electrons. The first kappa shape index (κ1) is 14.9. The molecule has 0 aromatic carbocycles. The molecular weight excluding hydrogens is 368 g/mol. The zero-order chi connectivity index (χ0) is 15.3. The van der Waals surface area contributed by atoms with Crippen LogP contribution >= 0.6 is 27.3 Å². The molecule has 2 amide bonds. The lowest BCUT2D eigenvalue weighted by Gasteiger charge is -2.47. The summed E-state index contributed by atoms with van der Waals surface area (Å²) in [5, 5.41) is 13.1. The highest BCUT2D eigenvalue weighted by atomic mass is 79.9. The third-order valence-corrected chi connectivity index (χ3v) is 6.54. The maximum Gasteiger partial charge on any atom is 0.318 e. The lowest BCUT2D eigenvalue weighted by Crippen LogP contribution is -2.62. The number of aliphatic hydroxyl groups excluding tert-OH is 1. The molecule has 22 heavy (non-hydrogen) atoms. The number of halogens is 1. The highest BCUT2D eigenvalue weighted by molar-refractivity contribution is 9.11. The number of hydrogen-bond donors (Lipinski definition) is 2. The monoisotopic (exact) mass is 386 g/mol. The molecule has 3 heterocycles. The fourth-order valence-corrected chi connectivity index (χ4v) is 5.25. The molecule has 2 N–H and O–H groups in total. The van der Waals surface area contributed by atoms with Crippen molar-refractivity contribution >= 4 is 33.3 Å². The minimum atomic E-state index is -0.305. The van der Waals surface area contributed by atoms with E-state index in [-0.39, 0.29) is 30.3 Å². The number of nitrogens with one attached hydrogen (secondary N) is 1. The van der Waals surface area contributed by atoms with Crippen LogP contribution in [-0.4, -0.2) is 53.5 Å². The van der Waals surface area contributed by atoms with Gasteiger partial charge in [-0.15, -0.1) is 11.3 Å². The first-order valence-electron chi connectivity index (χ1n) is 7.71. The second-order valence-corrected chi connectivity index (χ2v) is 8.91. The van der Waals surface area contributed by atoms with Crippen molar-refractivity contribution in [3.05, 3.63) is 20.8 Å². The second kappa shape index (κ2) is 5.78. The van der Waals surface area contributed by atoms with Crippen LogP contribution in [-0.2, 0) is 4.74 Å². The molecule has 1 aliphatic carbocycles. The molecule has 0 spiro atoms. The predicted octanol–water partition coefficient (Wildman–Crippen LogP) is 2.30. The Kier molecular flexibility index (Phi) is 3.92. The van der Waals surface area contributed by atoms with Crippen LogP contribution < -0.4 is 5.32 Å². The molecule has 1 saturated carbocycles. The first-order chi connectivity index (χ1) is 10.6. The van der Waals surface area contributed by atoms with Crippen molar-refractivity contribution in [1.29, 1.82) is 0 Å². The molecule has 4 rings (SSSR count). The van der Waals surface area contributed by atoms with Crippen molar-refractivity contribution in [2.24, 2.45) is 0 Å². The Morgan fingerprint density at radius 3 is 2.68 bits per heavy atom. The van der Waals surface area contributed by atoms with Crippen molar-refractivity contribution in [3.63, 3.8) is 0 Å². The lowest BCUT2D eigenvalue weighted by molar-refractivity contribution is -0.0827. The van der Waals surface area contributed by atoms with Gasteiger partial charge in [-0.2, -0.15) is 0 Å². The third-order valence-electron chi connectivity index (χ3n) is 4.79. The minimum Gasteiger partial charge on any atom is -0.393 e. The van der Waals surface area contributed by atoms with Gasteiger partial charge in [0.05, 0.1) is 35.2 Å². The van der Waals surface area contributed by atoms with E-state index in [1.165, 1.54) is 4.88 Å². The molecule has 120 valence electrons. The standard InChI is InChI=1S/C15H19BrN2O3S/c16-14-2-1-13(22-14)11-5-12(11)17-15(20)18-8-3-10(19)4-9(18)7-21-6-8/h1-2,8-12,19H,3-7H2,(H,17,20)/t8-,9+,10?,11-,12-/m1/s1. The van der Waals surface area contributed by atoms with Crippen LogP contribution in [0.4, 0.5) is 4.79 Å². The summed E-state index contributed by atoms with van der Waals surface area (Å²) in [7, 11) is 0. The van der Waals surface area contributed by atoms with Crippen molar-refractivity contribution < 1.29 is 14.6 Å². The fourth-order valence-electron chi connectivity index (χ4n) is 3.65. The fraction of sp³-hybridized carbons (Fsp3) is 0.667. The van der Waals surface area contributed by atoms with Crippen molar-refractivity contribution in [2.45, 2.75) is 49.4 Å². The highest BCUT2D eigenvalue weighted by Crippen LogP contribution is 2.45. The molecule has 2 bridgehead atoms. The van der Waals surface area contributed by atoms with Crippen LogP contribution in [0, 0.1) is 0 Å². The normalized spacial score (nSPS) is 37.0. The summed E-state index contributed by atoms with van der Waals surface area (Å²) >= 11 is 5.23. The summed E-state index contributed by atoms with van der Waals surface area (Å²) in [5.74, 6) is 0.451. The summed E-state index contributed by atoms with van der Waals surface area (Å²) in [6.45, 7) is 1.07. The summed E-state index contributed by atoms with van der Waals surface area (Å²) < 4.78 is 6.68. The van der Waals surface area contributed by atoms with Gasteiger partial charge in [0.2, 0.25) is 0 Å². The van der Waals surface area contributed by atoms with E-state index in [1.54, 1.807) is 11.3 Å². The summed E-state index contributed by atoms with van der Waals surface area (Å²) in [4.78, 5) is 15.9. The first-order valence-corrected chi connectivity index (χ1v) is 9.32. The van der Waals surface area contributed by atoms with Gasteiger partial charge in [-0.3, -0.25) is 0 Å². The van der Waals surface area contributed by atoms with Gasteiger partial charge < -0.3 is 20.1 Å². The van der Waals surface area contributed by atoms with Gasteiger partial charge in [-0.25, -0.2) is 4.79 Å². The average Bonchev–Trinajstić information content (AvgIpc) is 3.08. The number of morpholine rings is 1. The van der Waals surface area contributed by atoms with Crippen LogP contribution in [0.2, 0.25) is 0 Å². The van der Waals surface area contributed by atoms with Crippen LogP contribution in [0.15, 0.2) is 15.9 Å². The van der Waals surface area contributed by atoms with Gasteiger partial charge in [0.25, 0.3) is 0 Å². The van der Waals surface area contributed by atoms with Gasteiger partial charge in [-0.1, -0.05) is 0 Å². The number of thiophene rings is 1. The largest absolute Gasteiger partial charge is 0.393 e. The number of rotatable bonds is 2. The van der Waals surface area contributed by atoms with Crippen LogP contribution in [0.5, 0.6) is 0 Å². The van der Waals surface area contributed by atoms with E-state index in [0.717, 1.165) is 10.2 Å². The van der Waals surface area contributed by atoms with E-state index in [2.05, 4.69) is 33.4 Å². The average molecular weight is 387 g/mol. The molecule has 1 unspecified atom stereocenters. The molecule has 3 aliphatic rings. The maximum atomic E-state index is 12.6. The minimum absolute atomic E-state index is 0.00771. The number of hydrogen-bond acceptors (Lipinski definition) is 4. The quantitative estimate of drug-likeness (QED) is 0.819. The maximum absolute atomic E-state index is 12.6. The topological polar surface area (TPSA) is 61.8 Å². The SMILES string of the molecule is O=C(N[C@@H]1C[C@H]1c1ccc(Br)s1)N1[C@@H]2COC[C@H]1CC(O)C2. The molecular formula is C15H19BrN2O3S. The van der Waals surface area contributed by atoms with Crippen LogP contribution in [0.1, 0.15) is 30.1 Å². The number of urea groups is 1. The van der Waals surface area contributed by atoms with Crippen LogP contribution in [0.25, 0.3) is 0 Å². The number of nitrogens with zero attached hydrogens (tertiary/aromatic N) is 1. The van der Waals surface area contributed by atoms with E-state index in [0.29, 0.717) is 32.0 Å². The Hall–Kier alpha value is -0.630. The summed E-state index contributed by atoms with van der Waals surface area (Å²) in [5.41, 5.74) is 0. The van der Waals surface area contributed by atoms with E-state index in [4.69, 9.17) is 4.74 Å². The smallest absolute Gasteiger partial charge is 0.318 e. The Bertz CT molecular complexity index is 567. The number of ether oxygens (including phenoxy) is 1. The van der Waals surface area contributed by atoms with Gasteiger partial charge >= 0.3 is 6.03 Å². The summed E-state index contributed by atoms with van der Waals surface area (Å²) in [6, 6.07) is 4.46. The van der Waals surface area contributed by atoms with E-state index in [1.807, 2.05) is 4.90 Å². The second-order valence-electron chi connectivity index (χ2n) is 6.42. The molecule has 2 aliphatic heterocycles. The Morgan fingerprint density at radius 1 is 1.32 bits per heavy atom. The Labute approximate surface area is 141 Å². The summed E-state index contributed by atoms with van der Waals surface area (Å²) in [6.07, 6.45) is 1.95. The predicted molar refractivity (Wildman–Crippen MR) is 87.2 cm³/mol. The molecule has 1 aromatic rings. The zero-order valence-corrected chi connectivity index (χ0v) is 14.5. The van der Waals surface area contributed by atoms with Crippen molar-refractivity contribution in [2.75, 3.05) is 13.2 Å². The number of amides is 2. The molecule has 7 heteroatoms. The zero-order valence-electron chi connectivity index (χ0n) is 12.1. The molecule has 5 atom stereocenters. The number of fused-ring (bicyclic) bond motifs is 2. The molecule has 5 nitrogen and oxygen atoms in total. The Balaban J connectivity index is 1.39. The van der Waals surface area contributed by atoms with Crippen molar-refractivity contribution in [3.8, 4) is 0 Å². The van der Waals surface area contributed by atoms with Gasteiger partial charge in [-0.05, 0) is 47.3 Å². The highest BCUT2D eigenvalue weighted by Gasteiger charge is 2.45. The molecule has 2 saturated heterocycles. The molecule has 3 fully saturated rings. The van der Waals surface area contributed by atoms with E-state index in [9.17, 15) is 9.90 Å². The number of piperidine rings is 1. The third kappa shape index (κ3) is 2.79. The number of aliphatic hydroxyl groups is 1. The van der Waals surface area contributed by atoms with Crippen molar-refractivity contribution in [1.82, 2.24) is 10.2 Å². The number of carbonyl (C=O) groups is 1.